The van der Waals surface area contributed by atoms with Crippen LogP contribution in [0, 0.1) is 0 Å². The number of hydrogen-bond acceptors (Lipinski definition) is 2. The normalized spacial score (nSPS) is 11.6. The highest BCUT2D eigenvalue weighted by atomic mass is 32.2. The van der Waals surface area contributed by atoms with E-state index in [2.05, 4.69) is 75.6 Å². The van der Waals surface area contributed by atoms with Crippen molar-refractivity contribution >= 4 is 23.5 Å². The topological polar surface area (TPSA) is 0 Å². The molecule has 0 aliphatic heterocycles. The summed E-state index contributed by atoms with van der Waals surface area (Å²) in [4.78, 5) is 2.64. The Labute approximate surface area is 125 Å². The molecule has 0 fully saturated rings. The van der Waals surface area contributed by atoms with Crippen LogP contribution in [0.2, 0.25) is 0 Å². The van der Waals surface area contributed by atoms with Crippen molar-refractivity contribution in [2.45, 2.75) is 35.3 Å². The summed E-state index contributed by atoms with van der Waals surface area (Å²) in [5, 5.41) is 0. The Kier molecular flexibility index (Phi) is 4.64. The standard InChI is InChI=1S/C17H20S2/c1-17(2,3)19-16-11-7-14(8-12-16)13-5-9-15(18-4)10-6-13/h5-12H,1-4H3. The van der Waals surface area contributed by atoms with Crippen molar-refractivity contribution in [2.24, 2.45) is 0 Å². The summed E-state index contributed by atoms with van der Waals surface area (Å²) in [7, 11) is 0. The molecule has 0 heterocycles. The van der Waals surface area contributed by atoms with Gasteiger partial charge in [-0.2, -0.15) is 0 Å². The predicted molar refractivity (Wildman–Crippen MR) is 89.3 cm³/mol. The zero-order valence-corrected chi connectivity index (χ0v) is 13.6. The number of rotatable bonds is 3. The lowest BCUT2D eigenvalue weighted by molar-refractivity contribution is 0.803. The van der Waals surface area contributed by atoms with Crippen molar-refractivity contribution in [1.82, 2.24) is 0 Å². The number of thioether (sulfide) groups is 2. The summed E-state index contributed by atoms with van der Waals surface area (Å²) < 4.78 is 0.265. The summed E-state index contributed by atoms with van der Waals surface area (Å²) in [5.74, 6) is 0. The van der Waals surface area contributed by atoms with Gasteiger partial charge in [0.2, 0.25) is 0 Å². The van der Waals surface area contributed by atoms with Crippen molar-refractivity contribution in [3.8, 4) is 11.1 Å². The molecule has 19 heavy (non-hydrogen) atoms. The molecule has 0 bridgehead atoms. The highest BCUT2D eigenvalue weighted by Crippen LogP contribution is 2.33. The lowest BCUT2D eigenvalue weighted by Crippen LogP contribution is -2.06. The zero-order valence-electron chi connectivity index (χ0n) is 11.9. The second-order valence-corrected chi connectivity index (χ2v) is 8.25. The van der Waals surface area contributed by atoms with E-state index in [4.69, 9.17) is 0 Å². The molecule has 0 radical (unpaired) electrons. The molecule has 0 aromatic heterocycles. The second kappa shape index (κ2) is 6.06. The zero-order chi connectivity index (χ0) is 13.9. The van der Waals surface area contributed by atoms with E-state index in [1.165, 1.54) is 20.9 Å². The van der Waals surface area contributed by atoms with Crippen LogP contribution in [0.15, 0.2) is 58.3 Å². The highest BCUT2D eigenvalue weighted by Gasteiger charge is 2.11. The molecule has 0 unspecified atom stereocenters. The molecule has 2 aromatic carbocycles. The quantitative estimate of drug-likeness (QED) is 0.638. The van der Waals surface area contributed by atoms with Gasteiger partial charge < -0.3 is 0 Å². The van der Waals surface area contributed by atoms with Gasteiger partial charge in [0.25, 0.3) is 0 Å². The Bertz CT molecular complexity index is 519. The van der Waals surface area contributed by atoms with E-state index in [9.17, 15) is 0 Å². The first-order valence-electron chi connectivity index (χ1n) is 6.41. The second-order valence-electron chi connectivity index (χ2n) is 5.47. The fourth-order valence-corrected chi connectivity index (χ4v) is 3.24. The van der Waals surface area contributed by atoms with E-state index < -0.39 is 0 Å². The van der Waals surface area contributed by atoms with Gasteiger partial charge in [-0.1, -0.05) is 45.0 Å². The summed E-state index contributed by atoms with van der Waals surface area (Å²) in [6.45, 7) is 6.73. The average molecular weight is 288 g/mol. The molecule has 0 spiro atoms. The van der Waals surface area contributed by atoms with Crippen LogP contribution in [0.4, 0.5) is 0 Å². The monoisotopic (exact) mass is 288 g/mol. The summed E-state index contributed by atoms with van der Waals surface area (Å²) in [5.41, 5.74) is 2.57. The molecule has 100 valence electrons. The number of hydrogen-bond donors (Lipinski definition) is 0. The fraction of sp³-hybridized carbons (Fsp3) is 0.294. The predicted octanol–water partition coefficient (Wildman–Crippen LogP) is 5.97. The largest absolute Gasteiger partial charge is 0.130 e. The van der Waals surface area contributed by atoms with Crippen LogP contribution in [0.1, 0.15) is 20.8 Å². The third-order valence-corrected chi connectivity index (χ3v) is 4.57. The maximum atomic E-state index is 2.24. The molecule has 0 aliphatic carbocycles. The van der Waals surface area contributed by atoms with Crippen LogP contribution < -0.4 is 0 Å². The maximum absolute atomic E-state index is 2.24. The molecule has 2 aromatic rings. The van der Waals surface area contributed by atoms with Gasteiger partial charge in [0.05, 0.1) is 0 Å². The van der Waals surface area contributed by atoms with Crippen LogP contribution in [0.3, 0.4) is 0 Å². The fourth-order valence-electron chi connectivity index (χ4n) is 1.85. The van der Waals surface area contributed by atoms with E-state index >= 15 is 0 Å². The smallest absolute Gasteiger partial charge is 0.0122 e. The molecule has 0 N–H and O–H groups in total. The highest BCUT2D eigenvalue weighted by molar-refractivity contribution is 8.00. The summed E-state index contributed by atoms with van der Waals surface area (Å²) in [6, 6.07) is 17.6. The minimum Gasteiger partial charge on any atom is -0.130 e. The molecular formula is C17H20S2. The SMILES string of the molecule is CSc1ccc(-c2ccc(SC(C)(C)C)cc2)cc1. The van der Waals surface area contributed by atoms with Gasteiger partial charge in [0.15, 0.2) is 0 Å². The minimum absolute atomic E-state index is 0.265. The Morgan fingerprint density at radius 3 is 1.47 bits per heavy atom. The van der Waals surface area contributed by atoms with Crippen LogP contribution in [0.25, 0.3) is 11.1 Å². The van der Waals surface area contributed by atoms with E-state index in [1.54, 1.807) is 11.8 Å². The van der Waals surface area contributed by atoms with Gasteiger partial charge in [0, 0.05) is 14.5 Å². The van der Waals surface area contributed by atoms with Gasteiger partial charge in [0.1, 0.15) is 0 Å². The molecule has 0 amide bonds. The molecular weight excluding hydrogens is 268 g/mol. The average Bonchev–Trinajstić information content (AvgIpc) is 2.38. The van der Waals surface area contributed by atoms with Gasteiger partial charge in [-0.15, -0.1) is 23.5 Å². The first-order chi connectivity index (χ1) is 8.98. The Balaban J connectivity index is 2.17. The molecule has 2 rings (SSSR count). The molecule has 2 heteroatoms. The van der Waals surface area contributed by atoms with Crippen molar-refractivity contribution in [3.63, 3.8) is 0 Å². The third-order valence-electron chi connectivity index (χ3n) is 2.70. The van der Waals surface area contributed by atoms with Crippen molar-refractivity contribution < 1.29 is 0 Å². The summed E-state index contributed by atoms with van der Waals surface area (Å²) in [6.07, 6.45) is 2.10. The van der Waals surface area contributed by atoms with Crippen LogP contribution in [-0.2, 0) is 0 Å². The van der Waals surface area contributed by atoms with Crippen LogP contribution in [-0.4, -0.2) is 11.0 Å². The van der Waals surface area contributed by atoms with Crippen molar-refractivity contribution in [1.29, 1.82) is 0 Å². The Morgan fingerprint density at radius 2 is 1.11 bits per heavy atom. The lowest BCUT2D eigenvalue weighted by atomic mass is 10.1. The third kappa shape index (κ3) is 4.32. The van der Waals surface area contributed by atoms with Crippen molar-refractivity contribution in [3.05, 3.63) is 48.5 Å². The molecule has 0 atom stereocenters. The van der Waals surface area contributed by atoms with Gasteiger partial charge >= 0.3 is 0 Å². The molecule has 0 nitrogen and oxygen atoms in total. The van der Waals surface area contributed by atoms with E-state index in [0.29, 0.717) is 0 Å². The number of benzene rings is 2. The van der Waals surface area contributed by atoms with E-state index in [-0.39, 0.29) is 4.75 Å². The molecule has 0 saturated carbocycles. The van der Waals surface area contributed by atoms with E-state index in [0.717, 1.165) is 0 Å². The Hall–Kier alpha value is -0.860. The molecule has 0 aliphatic rings. The summed E-state index contributed by atoms with van der Waals surface area (Å²) >= 11 is 3.69. The van der Waals surface area contributed by atoms with Crippen molar-refractivity contribution in [2.75, 3.05) is 6.26 Å². The first-order valence-corrected chi connectivity index (χ1v) is 8.45. The maximum Gasteiger partial charge on any atom is 0.0122 e. The van der Waals surface area contributed by atoms with E-state index in [1.807, 2.05) is 11.8 Å². The lowest BCUT2D eigenvalue weighted by Gasteiger charge is -2.17. The molecule has 0 saturated heterocycles. The minimum atomic E-state index is 0.265. The van der Waals surface area contributed by atoms with Gasteiger partial charge in [-0.05, 0) is 41.6 Å². The Morgan fingerprint density at radius 1 is 0.684 bits per heavy atom. The van der Waals surface area contributed by atoms with Crippen LogP contribution >= 0.6 is 23.5 Å². The first kappa shape index (κ1) is 14.5. The van der Waals surface area contributed by atoms with Crippen LogP contribution in [0.5, 0.6) is 0 Å². The van der Waals surface area contributed by atoms with Gasteiger partial charge in [-0.25, -0.2) is 0 Å². The van der Waals surface area contributed by atoms with Gasteiger partial charge in [-0.3, -0.25) is 0 Å².